The molecule has 1 heterocycles. The van der Waals surface area contributed by atoms with Gasteiger partial charge in [0.2, 0.25) is 0 Å². The van der Waals surface area contributed by atoms with E-state index in [9.17, 15) is 4.79 Å². The number of benzene rings is 1. The van der Waals surface area contributed by atoms with E-state index < -0.39 is 0 Å². The maximum Gasteiger partial charge on any atom is 0.252 e. The van der Waals surface area contributed by atoms with Crippen LogP contribution >= 0.6 is 24.0 Å². The average molecular weight is 527 g/mol. The number of halogens is 1. The Hall–Kier alpha value is -2.56. The number of aliphatic imine (C=N–C) groups is 1. The van der Waals surface area contributed by atoms with E-state index in [1.165, 1.54) is 0 Å². The van der Waals surface area contributed by atoms with Gasteiger partial charge in [-0.15, -0.1) is 24.0 Å². The van der Waals surface area contributed by atoms with Gasteiger partial charge in [-0.3, -0.25) is 14.8 Å². The first-order valence-corrected chi connectivity index (χ1v) is 9.59. The minimum atomic E-state index is -0.143. The van der Waals surface area contributed by atoms with Gasteiger partial charge in [-0.25, -0.2) is 0 Å². The molecule has 0 radical (unpaired) electrons. The molecule has 1 aromatic heterocycles. The number of ether oxygens (including phenoxy) is 2. The monoisotopic (exact) mass is 527 g/mol. The molecule has 30 heavy (non-hydrogen) atoms. The first-order valence-electron chi connectivity index (χ1n) is 9.59. The standard InChI is InChI=1S/C21H29N5O3.HI/c1-4-23-21(26-13-12-24-20(27)17-6-5-10-22-15-17)25-11-9-16-7-8-18(28-2)19(14-16)29-3;/h5-8,10,14-15H,4,9,11-13H2,1-3H3,(H,24,27)(H2,23,25,26);1H. The van der Waals surface area contributed by atoms with Crippen LogP contribution in [0, 0.1) is 0 Å². The molecule has 0 saturated carbocycles. The summed E-state index contributed by atoms with van der Waals surface area (Å²) in [7, 11) is 3.25. The van der Waals surface area contributed by atoms with Crippen molar-refractivity contribution in [1.82, 2.24) is 20.9 Å². The van der Waals surface area contributed by atoms with Crippen LogP contribution in [0.25, 0.3) is 0 Å². The number of hydrogen-bond acceptors (Lipinski definition) is 5. The molecule has 0 spiro atoms. The summed E-state index contributed by atoms with van der Waals surface area (Å²) in [6.45, 7) is 4.43. The van der Waals surface area contributed by atoms with Gasteiger partial charge < -0.3 is 25.4 Å². The first kappa shape index (κ1) is 25.5. The zero-order chi connectivity index (χ0) is 20.9. The maximum absolute atomic E-state index is 12.0. The van der Waals surface area contributed by atoms with Crippen LogP contribution in [0.5, 0.6) is 11.5 Å². The molecule has 0 aliphatic carbocycles. The van der Waals surface area contributed by atoms with Crippen LogP contribution in [-0.4, -0.2) is 57.2 Å². The van der Waals surface area contributed by atoms with Crippen molar-refractivity contribution >= 4 is 35.8 Å². The lowest BCUT2D eigenvalue weighted by molar-refractivity contribution is 0.0954. The normalized spacial score (nSPS) is 10.6. The highest BCUT2D eigenvalue weighted by molar-refractivity contribution is 14.0. The number of hydrogen-bond donors (Lipinski definition) is 3. The SMILES string of the molecule is CCNC(=NCCc1ccc(OC)c(OC)c1)NCCNC(=O)c1cccnc1.I. The summed E-state index contributed by atoms with van der Waals surface area (Å²) in [5.74, 6) is 1.99. The van der Waals surface area contributed by atoms with Crippen molar-refractivity contribution in [3.8, 4) is 11.5 Å². The van der Waals surface area contributed by atoms with E-state index in [4.69, 9.17) is 9.47 Å². The second-order valence-corrected chi connectivity index (χ2v) is 6.12. The quantitative estimate of drug-likeness (QED) is 0.190. The largest absolute Gasteiger partial charge is 0.493 e. The van der Waals surface area contributed by atoms with Crippen molar-refractivity contribution in [3.05, 3.63) is 53.9 Å². The molecule has 9 heteroatoms. The van der Waals surface area contributed by atoms with Crippen molar-refractivity contribution in [1.29, 1.82) is 0 Å². The maximum atomic E-state index is 12.0. The third-order valence-electron chi connectivity index (χ3n) is 4.09. The highest BCUT2D eigenvalue weighted by Crippen LogP contribution is 2.27. The van der Waals surface area contributed by atoms with Crippen LogP contribution in [0.4, 0.5) is 0 Å². The molecule has 0 atom stereocenters. The predicted molar refractivity (Wildman–Crippen MR) is 129 cm³/mol. The first-order chi connectivity index (χ1) is 14.2. The van der Waals surface area contributed by atoms with Gasteiger partial charge in [-0.2, -0.15) is 0 Å². The molecule has 0 aliphatic heterocycles. The minimum Gasteiger partial charge on any atom is -0.493 e. The molecule has 8 nitrogen and oxygen atoms in total. The zero-order valence-corrected chi connectivity index (χ0v) is 19.9. The van der Waals surface area contributed by atoms with Crippen molar-refractivity contribution < 1.29 is 14.3 Å². The third kappa shape index (κ3) is 8.44. The molecule has 3 N–H and O–H groups in total. The average Bonchev–Trinajstić information content (AvgIpc) is 2.76. The van der Waals surface area contributed by atoms with E-state index in [2.05, 4.69) is 25.9 Å². The van der Waals surface area contributed by atoms with Gasteiger partial charge in [0.15, 0.2) is 17.5 Å². The Balaban J connectivity index is 0.00000450. The van der Waals surface area contributed by atoms with Crippen molar-refractivity contribution in [2.75, 3.05) is 40.4 Å². The lowest BCUT2D eigenvalue weighted by Gasteiger charge is -2.12. The molecule has 2 aromatic rings. The predicted octanol–water partition coefficient (Wildman–Crippen LogP) is 2.24. The molecule has 0 aliphatic rings. The highest BCUT2D eigenvalue weighted by Gasteiger charge is 2.06. The van der Waals surface area contributed by atoms with Gasteiger partial charge in [0.25, 0.3) is 5.91 Å². The van der Waals surface area contributed by atoms with E-state index in [-0.39, 0.29) is 29.9 Å². The lowest BCUT2D eigenvalue weighted by Crippen LogP contribution is -2.41. The van der Waals surface area contributed by atoms with E-state index in [0.717, 1.165) is 18.5 Å². The molecule has 1 amide bonds. The van der Waals surface area contributed by atoms with Gasteiger partial charge in [-0.05, 0) is 43.2 Å². The van der Waals surface area contributed by atoms with E-state index in [0.29, 0.717) is 42.7 Å². The summed E-state index contributed by atoms with van der Waals surface area (Å²) in [5.41, 5.74) is 1.66. The topological polar surface area (TPSA) is 96.9 Å². The summed E-state index contributed by atoms with van der Waals surface area (Å²) in [6.07, 6.45) is 3.95. The van der Waals surface area contributed by atoms with Gasteiger partial charge in [-0.1, -0.05) is 6.07 Å². The van der Waals surface area contributed by atoms with E-state index >= 15 is 0 Å². The number of methoxy groups -OCH3 is 2. The van der Waals surface area contributed by atoms with Gasteiger partial charge >= 0.3 is 0 Å². The number of carbonyl (C=O) groups is 1. The van der Waals surface area contributed by atoms with E-state index in [1.807, 2.05) is 25.1 Å². The van der Waals surface area contributed by atoms with Crippen LogP contribution in [0.3, 0.4) is 0 Å². The second kappa shape index (κ2) is 14.4. The number of pyridine rings is 1. The van der Waals surface area contributed by atoms with Gasteiger partial charge in [0.05, 0.1) is 19.8 Å². The van der Waals surface area contributed by atoms with Crippen LogP contribution in [0.1, 0.15) is 22.8 Å². The van der Waals surface area contributed by atoms with Crippen LogP contribution in [0.2, 0.25) is 0 Å². The van der Waals surface area contributed by atoms with Crippen molar-refractivity contribution in [2.45, 2.75) is 13.3 Å². The molecule has 0 unspecified atom stereocenters. The van der Waals surface area contributed by atoms with Crippen LogP contribution < -0.4 is 25.4 Å². The fourth-order valence-corrected chi connectivity index (χ4v) is 2.63. The number of nitrogens with one attached hydrogen (secondary N) is 3. The Morgan fingerprint density at radius 3 is 2.50 bits per heavy atom. The Morgan fingerprint density at radius 1 is 1.07 bits per heavy atom. The molecule has 2 rings (SSSR count). The summed E-state index contributed by atoms with van der Waals surface area (Å²) >= 11 is 0. The van der Waals surface area contributed by atoms with Crippen LogP contribution in [0.15, 0.2) is 47.7 Å². The summed E-state index contributed by atoms with van der Waals surface area (Å²) in [6, 6.07) is 9.33. The summed E-state index contributed by atoms with van der Waals surface area (Å²) in [5, 5.41) is 9.27. The number of rotatable bonds is 10. The Bertz CT molecular complexity index is 802. The molecule has 0 fully saturated rings. The zero-order valence-electron chi connectivity index (χ0n) is 17.6. The summed E-state index contributed by atoms with van der Waals surface area (Å²) in [4.78, 5) is 20.5. The highest BCUT2D eigenvalue weighted by atomic mass is 127. The van der Waals surface area contributed by atoms with Crippen LogP contribution in [-0.2, 0) is 6.42 Å². The summed E-state index contributed by atoms with van der Waals surface area (Å²) < 4.78 is 10.6. The molecule has 0 bridgehead atoms. The van der Waals surface area contributed by atoms with Gasteiger partial charge in [0, 0.05) is 38.6 Å². The smallest absolute Gasteiger partial charge is 0.252 e. The Labute approximate surface area is 194 Å². The van der Waals surface area contributed by atoms with E-state index in [1.54, 1.807) is 38.7 Å². The fraction of sp³-hybridized carbons (Fsp3) is 0.381. The number of carbonyl (C=O) groups excluding carboxylic acids is 1. The van der Waals surface area contributed by atoms with Crippen molar-refractivity contribution in [2.24, 2.45) is 4.99 Å². The lowest BCUT2D eigenvalue weighted by atomic mass is 10.1. The molecular weight excluding hydrogens is 497 g/mol. The Morgan fingerprint density at radius 2 is 1.83 bits per heavy atom. The van der Waals surface area contributed by atoms with Crippen molar-refractivity contribution in [3.63, 3.8) is 0 Å². The number of aromatic nitrogens is 1. The van der Waals surface area contributed by atoms with Gasteiger partial charge in [0.1, 0.15) is 0 Å². The molecular formula is C21H30IN5O3. The number of amides is 1. The molecule has 164 valence electrons. The fourth-order valence-electron chi connectivity index (χ4n) is 2.63. The third-order valence-corrected chi connectivity index (χ3v) is 4.09. The number of nitrogens with zero attached hydrogens (tertiary/aromatic N) is 2. The number of guanidine groups is 1. The Kier molecular flexibility index (Phi) is 12.3. The molecule has 1 aromatic carbocycles. The second-order valence-electron chi connectivity index (χ2n) is 6.12. The minimum absolute atomic E-state index is 0. The molecule has 0 saturated heterocycles.